The molecule has 0 bridgehead atoms. The molecule has 2 unspecified atom stereocenters. The molecule has 0 radical (unpaired) electrons. The first-order chi connectivity index (χ1) is 8.12. The number of hydrogen-bond acceptors (Lipinski definition) is 5. The lowest BCUT2D eigenvalue weighted by molar-refractivity contribution is -0.0533. The average Bonchev–Trinajstić information content (AvgIpc) is 2.34. The molecule has 2 atom stereocenters. The molecule has 0 aliphatic rings. The first-order valence-corrected chi connectivity index (χ1v) is 6.14. The van der Waals surface area contributed by atoms with E-state index in [1.165, 1.54) is 0 Å². The SMILES string of the molecule is CCOCC(C)OCC(C)OCC.OCCO. The predicted octanol–water partition coefficient (Wildman–Crippen LogP) is 0.824. The number of aliphatic hydroxyl groups excluding tert-OH is 2. The molecule has 5 nitrogen and oxygen atoms in total. The Morgan fingerprint density at radius 1 is 0.824 bits per heavy atom. The number of aliphatic hydroxyl groups is 2. The monoisotopic (exact) mass is 252 g/mol. The summed E-state index contributed by atoms with van der Waals surface area (Å²) in [6.07, 6.45) is 0.330. The Morgan fingerprint density at radius 2 is 1.35 bits per heavy atom. The van der Waals surface area contributed by atoms with Crippen LogP contribution in [0.5, 0.6) is 0 Å². The minimum Gasteiger partial charge on any atom is -0.394 e. The second-order valence-electron chi connectivity index (χ2n) is 3.52. The van der Waals surface area contributed by atoms with Gasteiger partial charge in [0.25, 0.3) is 0 Å². The van der Waals surface area contributed by atoms with Crippen LogP contribution in [0.3, 0.4) is 0 Å². The van der Waals surface area contributed by atoms with E-state index in [2.05, 4.69) is 0 Å². The molecular formula is C12H28O5. The van der Waals surface area contributed by atoms with Crippen molar-refractivity contribution in [3.8, 4) is 0 Å². The molecule has 0 aromatic carbocycles. The highest BCUT2D eigenvalue weighted by Gasteiger charge is 2.05. The first kappa shape index (κ1) is 19.1. The summed E-state index contributed by atoms with van der Waals surface area (Å²) < 4.78 is 16.1. The summed E-state index contributed by atoms with van der Waals surface area (Å²) >= 11 is 0. The fraction of sp³-hybridized carbons (Fsp3) is 1.00. The van der Waals surface area contributed by atoms with Gasteiger partial charge in [0.1, 0.15) is 0 Å². The highest BCUT2D eigenvalue weighted by Crippen LogP contribution is 1.97. The van der Waals surface area contributed by atoms with Gasteiger partial charge in [-0.05, 0) is 27.7 Å². The molecule has 0 spiro atoms. The van der Waals surface area contributed by atoms with Crippen molar-refractivity contribution in [2.45, 2.75) is 39.9 Å². The van der Waals surface area contributed by atoms with Gasteiger partial charge in [0, 0.05) is 13.2 Å². The highest BCUT2D eigenvalue weighted by molar-refractivity contribution is 4.51. The van der Waals surface area contributed by atoms with Crippen LogP contribution in [0.4, 0.5) is 0 Å². The van der Waals surface area contributed by atoms with Crippen LogP contribution in [0.15, 0.2) is 0 Å². The van der Waals surface area contributed by atoms with Gasteiger partial charge in [-0.1, -0.05) is 0 Å². The van der Waals surface area contributed by atoms with Crippen molar-refractivity contribution in [3.63, 3.8) is 0 Å². The maximum Gasteiger partial charge on any atom is 0.0781 e. The Hall–Kier alpha value is -0.200. The summed E-state index contributed by atoms with van der Waals surface area (Å²) in [5, 5.41) is 15.2. The maximum atomic E-state index is 7.62. The third-order valence-electron chi connectivity index (χ3n) is 1.72. The van der Waals surface area contributed by atoms with E-state index in [1.54, 1.807) is 0 Å². The summed E-state index contributed by atoms with van der Waals surface area (Å²) in [6.45, 7) is 10.5. The lowest BCUT2D eigenvalue weighted by atomic mass is 10.4. The van der Waals surface area contributed by atoms with Gasteiger partial charge in [-0.2, -0.15) is 0 Å². The van der Waals surface area contributed by atoms with E-state index in [1.807, 2.05) is 27.7 Å². The summed E-state index contributed by atoms with van der Waals surface area (Å²) in [5.74, 6) is 0. The Bertz CT molecular complexity index is 130. The minimum absolute atomic E-state index is 0.125. The molecule has 0 aliphatic carbocycles. The zero-order valence-electron chi connectivity index (χ0n) is 11.5. The summed E-state index contributed by atoms with van der Waals surface area (Å²) in [4.78, 5) is 0. The van der Waals surface area contributed by atoms with Crippen LogP contribution in [0.25, 0.3) is 0 Å². The Morgan fingerprint density at radius 3 is 1.76 bits per heavy atom. The van der Waals surface area contributed by atoms with Gasteiger partial charge in [-0.3, -0.25) is 0 Å². The average molecular weight is 252 g/mol. The quantitative estimate of drug-likeness (QED) is 0.636. The van der Waals surface area contributed by atoms with Gasteiger partial charge < -0.3 is 24.4 Å². The van der Waals surface area contributed by atoms with Gasteiger partial charge in [0.15, 0.2) is 0 Å². The topological polar surface area (TPSA) is 68.2 Å². The van der Waals surface area contributed by atoms with Crippen LogP contribution in [-0.4, -0.2) is 62.1 Å². The number of rotatable bonds is 9. The van der Waals surface area contributed by atoms with Crippen molar-refractivity contribution in [2.24, 2.45) is 0 Å². The van der Waals surface area contributed by atoms with E-state index >= 15 is 0 Å². The molecule has 0 aromatic rings. The first-order valence-electron chi connectivity index (χ1n) is 6.14. The van der Waals surface area contributed by atoms with E-state index in [0.29, 0.717) is 13.2 Å². The second kappa shape index (κ2) is 15.8. The van der Waals surface area contributed by atoms with E-state index < -0.39 is 0 Å². The molecule has 0 rings (SSSR count). The summed E-state index contributed by atoms with van der Waals surface area (Å²) in [5.41, 5.74) is 0. The van der Waals surface area contributed by atoms with Gasteiger partial charge in [0.05, 0.1) is 38.6 Å². The zero-order chi connectivity index (χ0) is 13.5. The molecule has 0 amide bonds. The van der Waals surface area contributed by atoms with Crippen LogP contribution in [0.2, 0.25) is 0 Å². The largest absolute Gasteiger partial charge is 0.394 e. The normalized spacial score (nSPS) is 13.8. The molecule has 0 heterocycles. The second-order valence-corrected chi connectivity index (χ2v) is 3.52. The van der Waals surface area contributed by atoms with Crippen LogP contribution >= 0.6 is 0 Å². The van der Waals surface area contributed by atoms with Gasteiger partial charge >= 0.3 is 0 Å². The molecule has 0 fully saturated rings. The predicted molar refractivity (Wildman–Crippen MR) is 67.2 cm³/mol. The molecular weight excluding hydrogens is 224 g/mol. The molecule has 17 heavy (non-hydrogen) atoms. The van der Waals surface area contributed by atoms with Gasteiger partial charge in [-0.15, -0.1) is 0 Å². The highest BCUT2D eigenvalue weighted by atomic mass is 16.6. The zero-order valence-corrected chi connectivity index (χ0v) is 11.5. The van der Waals surface area contributed by atoms with Gasteiger partial charge in [-0.25, -0.2) is 0 Å². The number of hydrogen-bond donors (Lipinski definition) is 2. The van der Waals surface area contributed by atoms with Crippen molar-refractivity contribution >= 4 is 0 Å². The molecule has 0 aliphatic heterocycles. The molecule has 0 saturated carbocycles. The third-order valence-corrected chi connectivity index (χ3v) is 1.72. The van der Waals surface area contributed by atoms with E-state index in [0.717, 1.165) is 13.2 Å². The molecule has 5 heteroatoms. The lowest BCUT2D eigenvalue weighted by Gasteiger charge is -2.16. The van der Waals surface area contributed by atoms with Crippen molar-refractivity contribution in [2.75, 3.05) is 39.6 Å². The standard InChI is InChI=1S/C10H22O3.C2H6O2/c1-5-11-7-9(3)13-8-10(4)12-6-2;3-1-2-4/h9-10H,5-8H2,1-4H3;3-4H,1-2H2. The number of ether oxygens (including phenoxy) is 3. The Labute approximate surface area is 105 Å². The van der Waals surface area contributed by atoms with Crippen LogP contribution in [0.1, 0.15) is 27.7 Å². The van der Waals surface area contributed by atoms with E-state index in [4.69, 9.17) is 24.4 Å². The molecule has 0 saturated heterocycles. The van der Waals surface area contributed by atoms with Crippen molar-refractivity contribution < 1.29 is 24.4 Å². The third kappa shape index (κ3) is 18.4. The minimum atomic E-state index is -0.125. The van der Waals surface area contributed by atoms with Crippen molar-refractivity contribution in [1.29, 1.82) is 0 Å². The van der Waals surface area contributed by atoms with Crippen LogP contribution < -0.4 is 0 Å². The Kier molecular flexibility index (Phi) is 17.8. The molecule has 2 N–H and O–H groups in total. The fourth-order valence-electron chi connectivity index (χ4n) is 0.964. The molecule has 0 aromatic heterocycles. The van der Waals surface area contributed by atoms with Crippen molar-refractivity contribution in [1.82, 2.24) is 0 Å². The molecule has 106 valence electrons. The van der Waals surface area contributed by atoms with Gasteiger partial charge in [0.2, 0.25) is 0 Å². The van der Waals surface area contributed by atoms with Crippen LogP contribution in [-0.2, 0) is 14.2 Å². The van der Waals surface area contributed by atoms with E-state index in [9.17, 15) is 0 Å². The van der Waals surface area contributed by atoms with Crippen LogP contribution in [0, 0.1) is 0 Å². The smallest absolute Gasteiger partial charge is 0.0781 e. The maximum absolute atomic E-state index is 7.62. The Balaban J connectivity index is 0. The summed E-state index contributed by atoms with van der Waals surface area (Å²) in [6, 6.07) is 0. The fourth-order valence-corrected chi connectivity index (χ4v) is 0.964. The van der Waals surface area contributed by atoms with E-state index in [-0.39, 0.29) is 25.4 Å². The van der Waals surface area contributed by atoms with Crippen molar-refractivity contribution in [3.05, 3.63) is 0 Å². The summed E-state index contributed by atoms with van der Waals surface area (Å²) in [7, 11) is 0. The lowest BCUT2D eigenvalue weighted by Crippen LogP contribution is -2.23.